The van der Waals surface area contributed by atoms with E-state index in [4.69, 9.17) is 0 Å². The Bertz CT molecular complexity index is 1390. The van der Waals surface area contributed by atoms with Crippen LogP contribution in [0.25, 0.3) is 0 Å². The highest BCUT2D eigenvalue weighted by molar-refractivity contribution is 7.89. The molecule has 0 aliphatic rings. The molecule has 3 aromatic carbocycles. The topological polar surface area (TPSA) is 98.7 Å². The lowest BCUT2D eigenvalue weighted by molar-refractivity contribution is 0.0829. The van der Waals surface area contributed by atoms with E-state index >= 15 is 0 Å². The van der Waals surface area contributed by atoms with E-state index in [1.165, 1.54) is 43.0 Å². The molecule has 7 nitrogen and oxygen atoms in total. The predicted octanol–water partition coefficient (Wildman–Crippen LogP) is 3.83. The number of nitrogens with zero attached hydrogens (tertiary/aromatic N) is 1. The van der Waals surface area contributed by atoms with Crippen LogP contribution in [-0.4, -0.2) is 56.0 Å². The number of hydrogen-bond donors (Lipinski definition) is 3. The standard InChI is InChI=1S/C30H35F2N3O4S/c1-4-13-35(3)40(38,39)27-11-9-24(10-12-27)30(37)34-28(17-23-15-25(31)18-26(32)16-23)29(36)20-33-19-22-8-6-7-21(5-2)14-22/h4,6-12,14-16,18,28-29,33,36H,1,5,13,17,19-20H2,2-3H3,(H,34,37)/t28-,29-/m0/s1. The number of aryl methyl sites for hydroxylation is 1. The second kappa shape index (κ2) is 14.3. The molecular weight excluding hydrogens is 536 g/mol. The van der Waals surface area contributed by atoms with Gasteiger partial charge in [-0.15, -0.1) is 6.58 Å². The number of carbonyl (C=O) groups excluding carboxylic acids is 1. The minimum atomic E-state index is -3.76. The van der Waals surface area contributed by atoms with E-state index in [1.54, 1.807) is 0 Å². The number of amides is 1. The first-order valence-corrected chi connectivity index (χ1v) is 14.4. The Morgan fingerprint density at radius 3 is 2.30 bits per heavy atom. The summed E-state index contributed by atoms with van der Waals surface area (Å²) in [7, 11) is -2.33. The number of rotatable bonds is 14. The van der Waals surface area contributed by atoms with Crippen LogP contribution in [0.3, 0.4) is 0 Å². The second-order valence-electron chi connectivity index (χ2n) is 9.53. The van der Waals surface area contributed by atoms with Gasteiger partial charge in [-0.3, -0.25) is 4.79 Å². The van der Waals surface area contributed by atoms with Gasteiger partial charge in [-0.25, -0.2) is 17.2 Å². The minimum Gasteiger partial charge on any atom is -0.390 e. The highest BCUT2D eigenvalue weighted by atomic mass is 32.2. The predicted molar refractivity (Wildman–Crippen MR) is 151 cm³/mol. The molecule has 0 bridgehead atoms. The van der Waals surface area contributed by atoms with Gasteiger partial charge in [0.05, 0.1) is 17.0 Å². The molecular formula is C30H35F2N3O4S. The van der Waals surface area contributed by atoms with Crippen molar-refractivity contribution in [1.29, 1.82) is 0 Å². The molecule has 0 aliphatic carbocycles. The fraction of sp³-hybridized carbons (Fsp3) is 0.300. The van der Waals surface area contributed by atoms with Crippen LogP contribution in [0, 0.1) is 11.6 Å². The lowest BCUT2D eigenvalue weighted by Gasteiger charge is -2.25. The molecule has 0 spiro atoms. The molecule has 0 heterocycles. The Morgan fingerprint density at radius 1 is 1.02 bits per heavy atom. The molecule has 0 fully saturated rings. The summed E-state index contributed by atoms with van der Waals surface area (Å²) in [4.78, 5) is 13.1. The first kappa shape index (κ1) is 31.1. The Kier molecular flexibility index (Phi) is 11.1. The maximum atomic E-state index is 13.8. The zero-order valence-electron chi connectivity index (χ0n) is 22.6. The Hall–Kier alpha value is -3.44. The van der Waals surface area contributed by atoms with Crippen molar-refractivity contribution in [3.05, 3.63) is 113 Å². The van der Waals surface area contributed by atoms with Gasteiger partial charge in [-0.2, -0.15) is 4.31 Å². The van der Waals surface area contributed by atoms with E-state index in [2.05, 4.69) is 30.2 Å². The number of sulfonamides is 1. The van der Waals surface area contributed by atoms with Gasteiger partial charge in [-0.1, -0.05) is 37.3 Å². The number of carbonyl (C=O) groups is 1. The largest absolute Gasteiger partial charge is 0.390 e. The SMILES string of the molecule is C=CCN(C)S(=O)(=O)c1ccc(C(=O)N[C@@H](Cc2cc(F)cc(F)c2)[C@@H](O)CNCc2cccc(CC)c2)cc1. The number of benzene rings is 3. The van der Waals surface area contributed by atoms with Gasteiger partial charge in [-0.05, 0) is 65.9 Å². The molecule has 214 valence electrons. The third-order valence-electron chi connectivity index (χ3n) is 6.45. The van der Waals surface area contributed by atoms with Gasteiger partial charge in [0, 0.05) is 38.3 Å². The molecule has 0 unspecified atom stereocenters. The summed E-state index contributed by atoms with van der Waals surface area (Å²) in [6.45, 7) is 6.32. The van der Waals surface area contributed by atoms with Crippen molar-refractivity contribution < 1.29 is 27.1 Å². The monoisotopic (exact) mass is 571 g/mol. The van der Waals surface area contributed by atoms with Crippen LogP contribution in [0.5, 0.6) is 0 Å². The first-order valence-electron chi connectivity index (χ1n) is 12.9. The van der Waals surface area contributed by atoms with E-state index in [-0.39, 0.29) is 35.5 Å². The van der Waals surface area contributed by atoms with Crippen molar-refractivity contribution in [2.75, 3.05) is 20.1 Å². The summed E-state index contributed by atoms with van der Waals surface area (Å²) in [6, 6.07) is 15.6. The maximum absolute atomic E-state index is 13.8. The summed E-state index contributed by atoms with van der Waals surface area (Å²) in [6.07, 6.45) is 1.23. The minimum absolute atomic E-state index is 0.0107. The quantitative estimate of drug-likeness (QED) is 0.256. The van der Waals surface area contributed by atoms with Crippen LogP contribution in [0.4, 0.5) is 8.78 Å². The van der Waals surface area contributed by atoms with Crippen LogP contribution >= 0.6 is 0 Å². The number of nitrogens with one attached hydrogen (secondary N) is 2. The van der Waals surface area contributed by atoms with Gasteiger partial charge in [0.25, 0.3) is 5.91 Å². The normalized spacial score (nSPS) is 13.2. The molecule has 3 rings (SSSR count). The number of likely N-dealkylation sites (N-methyl/N-ethyl adjacent to an activating group) is 1. The van der Waals surface area contributed by atoms with E-state index in [1.807, 2.05) is 18.2 Å². The van der Waals surface area contributed by atoms with Gasteiger partial charge in [0.2, 0.25) is 10.0 Å². The fourth-order valence-electron chi connectivity index (χ4n) is 4.22. The summed E-state index contributed by atoms with van der Waals surface area (Å²) in [5, 5.41) is 16.9. The third kappa shape index (κ3) is 8.53. The smallest absolute Gasteiger partial charge is 0.251 e. The molecule has 0 saturated carbocycles. The molecule has 10 heteroatoms. The van der Waals surface area contributed by atoms with Crippen LogP contribution in [-0.2, 0) is 29.4 Å². The van der Waals surface area contributed by atoms with Crippen LogP contribution in [0.15, 0.2) is 84.3 Å². The van der Waals surface area contributed by atoms with Crippen molar-refractivity contribution in [3.8, 4) is 0 Å². The molecule has 1 amide bonds. The van der Waals surface area contributed by atoms with Crippen molar-refractivity contribution in [2.24, 2.45) is 0 Å². The molecule has 0 aromatic heterocycles. The lowest BCUT2D eigenvalue weighted by atomic mass is 10.00. The fourth-order valence-corrected chi connectivity index (χ4v) is 5.36. The van der Waals surface area contributed by atoms with Gasteiger partial charge in [0.15, 0.2) is 0 Å². The molecule has 3 aromatic rings. The number of aliphatic hydroxyl groups excluding tert-OH is 1. The summed E-state index contributed by atoms with van der Waals surface area (Å²) >= 11 is 0. The highest BCUT2D eigenvalue weighted by Gasteiger charge is 2.24. The Labute approximate surface area is 234 Å². The molecule has 0 aliphatic heterocycles. The Morgan fingerprint density at radius 2 is 1.68 bits per heavy atom. The number of hydrogen-bond acceptors (Lipinski definition) is 5. The lowest BCUT2D eigenvalue weighted by Crippen LogP contribution is -2.48. The van der Waals surface area contributed by atoms with Crippen molar-refractivity contribution >= 4 is 15.9 Å². The molecule has 2 atom stereocenters. The van der Waals surface area contributed by atoms with E-state index in [0.717, 1.165) is 34.5 Å². The third-order valence-corrected chi connectivity index (χ3v) is 8.29. The summed E-state index contributed by atoms with van der Waals surface area (Å²) in [5.41, 5.74) is 2.65. The molecule has 0 saturated heterocycles. The van der Waals surface area contributed by atoms with Crippen LogP contribution in [0.2, 0.25) is 0 Å². The van der Waals surface area contributed by atoms with Gasteiger partial charge < -0.3 is 15.7 Å². The van der Waals surface area contributed by atoms with Crippen LogP contribution < -0.4 is 10.6 Å². The molecule has 40 heavy (non-hydrogen) atoms. The molecule has 3 N–H and O–H groups in total. The average molecular weight is 572 g/mol. The van der Waals surface area contributed by atoms with E-state index in [0.29, 0.717) is 6.54 Å². The first-order chi connectivity index (χ1) is 19.0. The molecule has 0 radical (unpaired) electrons. The van der Waals surface area contributed by atoms with Crippen molar-refractivity contribution in [3.63, 3.8) is 0 Å². The summed E-state index contributed by atoms with van der Waals surface area (Å²) in [5.74, 6) is -2.09. The number of halogens is 2. The average Bonchev–Trinajstić information content (AvgIpc) is 2.92. The van der Waals surface area contributed by atoms with Crippen LogP contribution in [0.1, 0.15) is 34.0 Å². The van der Waals surface area contributed by atoms with Gasteiger partial charge in [0.1, 0.15) is 11.6 Å². The number of aliphatic hydroxyl groups is 1. The second-order valence-corrected chi connectivity index (χ2v) is 11.6. The summed E-state index contributed by atoms with van der Waals surface area (Å²) < 4.78 is 54.1. The highest BCUT2D eigenvalue weighted by Crippen LogP contribution is 2.17. The maximum Gasteiger partial charge on any atom is 0.251 e. The zero-order chi connectivity index (χ0) is 29.3. The van der Waals surface area contributed by atoms with Crippen molar-refractivity contribution in [1.82, 2.24) is 14.9 Å². The van der Waals surface area contributed by atoms with E-state index in [9.17, 15) is 27.1 Å². The Balaban J connectivity index is 1.74. The van der Waals surface area contributed by atoms with Gasteiger partial charge >= 0.3 is 0 Å². The zero-order valence-corrected chi connectivity index (χ0v) is 23.4. The van der Waals surface area contributed by atoms with Crippen molar-refractivity contribution in [2.45, 2.75) is 43.4 Å². The van der Waals surface area contributed by atoms with E-state index < -0.39 is 39.7 Å².